The van der Waals surface area contributed by atoms with Crippen molar-refractivity contribution in [3.8, 4) is 17.2 Å². The Hall–Kier alpha value is -1.63. The van der Waals surface area contributed by atoms with Crippen LogP contribution in [0.15, 0.2) is 34.8 Å². The average Bonchev–Trinajstić information content (AvgIpc) is 2.57. The first kappa shape index (κ1) is 19.7. The molecule has 0 saturated heterocycles. The first-order chi connectivity index (χ1) is 11.8. The molecule has 0 spiro atoms. The lowest BCUT2D eigenvalue weighted by atomic mass is 10.2. The smallest absolute Gasteiger partial charge is 0.261 e. The summed E-state index contributed by atoms with van der Waals surface area (Å²) in [6.45, 7) is 1.86. The number of methoxy groups -OCH3 is 1. The van der Waals surface area contributed by atoms with Crippen LogP contribution in [0.1, 0.15) is 12.5 Å². The lowest BCUT2D eigenvalue weighted by Gasteiger charge is -2.16. The monoisotopic (exact) mass is 447 g/mol. The van der Waals surface area contributed by atoms with Crippen molar-refractivity contribution >= 4 is 45.0 Å². The van der Waals surface area contributed by atoms with Crippen LogP contribution in [0.3, 0.4) is 0 Å². The van der Waals surface area contributed by atoms with Crippen LogP contribution in [0.5, 0.6) is 17.2 Å². The number of aromatic hydroxyl groups is 1. The van der Waals surface area contributed by atoms with E-state index in [4.69, 9.17) is 32.7 Å². The SMILES string of the molecule is COc1cc(CNC(=O)[C@@H](C)Oc2ccc(Cl)cc2Cl)cc(Br)c1O. The molecule has 0 heterocycles. The van der Waals surface area contributed by atoms with Crippen LogP contribution in [0, 0.1) is 0 Å². The van der Waals surface area contributed by atoms with Crippen molar-refractivity contribution in [3.63, 3.8) is 0 Å². The van der Waals surface area contributed by atoms with Gasteiger partial charge in [0.25, 0.3) is 5.91 Å². The third kappa shape index (κ3) is 5.17. The maximum absolute atomic E-state index is 12.2. The number of rotatable bonds is 6. The summed E-state index contributed by atoms with van der Waals surface area (Å²) in [7, 11) is 1.45. The average molecular weight is 449 g/mol. The molecule has 5 nitrogen and oxygen atoms in total. The molecule has 2 rings (SSSR count). The summed E-state index contributed by atoms with van der Waals surface area (Å²) in [5.41, 5.74) is 0.756. The lowest BCUT2D eigenvalue weighted by Crippen LogP contribution is -2.35. The predicted molar refractivity (Wildman–Crippen MR) is 101 cm³/mol. The van der Waals surface area contributed by atoms with E-state index in [0.717, 1.165) is 5.56 Å². The van der Waals surface area contributed by atoms with E-state index in [1.165, 1.54) is 7.11 Å². The van der Waals surface area contributed by atoms with Gasteiger partial charge >= 0.3 is 0 Å². The number of benzene rings is 2. The number of carbonyl (C=O) groups is 1. The molecule has 0 aliphatic rings. The molecule has 8 heteroatoms. The largest absolute Gasteiger partial charge is 0.503 e. The van der Waals surface area contributed by atoms with Crippen LogP contribution in [-0.4, -0.2) is 24.2 Å². The highest BCUT2D eigenvalue weighted by atomic mass is 79.9. The highest BCUT2D eigenvalue weighted by Gasteiger charge is 2.17. The van der Waals surface area contributed by atoms with Gasteiger partial charge in [-0.2, -0.15) is 0 Å². The van der Waals surface area contributed by atoms with E-state index in [0.29, 0.717) is 26.0 Å². The molecule has 1 atom stereocenters. The zero-order valence-electron chi connectivity index (χ0n) is 13.5. The Morgan fingerprint density at radius 1 is 1.28 bits per heavy atom. The number of hydrogen-bond donors (Lipinski definition) is 2. The summed E-state index contributed by atoms with van der Waals surface area (Å²) in [4.78, 5) is 12.2. The Morgan fingerprint density at radius 3 is 2.64 bits per heavy atom. The molecule has 25 heavy (non-hydrogen) atoms. The number of ether oxygens (including phenoxy) is 2. The van der Waals surface area contributed by atoms with Crippen molar-refractivity contribution in [2.24, 2.45) is 0 Å². The van der Waals surface area contributed by atoms with E-state index in [1.54, 1.807) is 37.3 Å². The van der Waals surface area contributed by atoms with E-state index < -0.39 is 6.10 Å². The molecule has 2 N–H and O–H groups in total. The number of phenolic OH excluding ortho intramolecular Hbond substituents is 1. The van der Waals surface area contributed by atoms with Crippen molar-refractivity contribution in [2.45, 2.75) is 19.6 Å². The first-order valence-electron chi connectivity index (χ1n) is 7.26. The van der Waals surface area contributed by atoms with Gasteiger partial charge in [0.2, 0.25) is 0 Å². The fraction of sp³-hybridized carbons (Fsp3) is 0.235. The third-order valence-electron chi connectivity index (χ3n) is 3.34. The first-order valence-corrected chi connectivity index (χ1v) is 8.81. The number of nitrogens with one attached hydrogen (secondary N) is 1. The lowest BCUT2D eigenvalue weighted by molar-refractivity contribution is -0.127. The highest BCUT2D eigenvalue weighted by molar-refractivity contribution is 9.10. The minimum absolute atomic E-state index is 0.00616. The predicted octanol–water partition coefficient (Wildman–Crippen LogP) is 4.55. The van der Waals surface area contributed by atoms with Crippen LogP contribution in [0.25, 0.3) is 0 Å². The van der Waals surface area contributed by atoms with Gasteiger partial charge in [0.1, 0.15) is 5.75 Å². The molecule has 0 radical (unpaired) electrons. The quantitative estimate of drug-likeness (QED) is 0.679. The summed E-state index contributed by atoms with van der Waals surface area (Å²) >= 11 is 15.1. The van der Waals surface area contributed by atoms with Crippen LogP contribution < -0.4 is 14.8 Å². The van der Waals surface area contributed by atoms with Crippen LogP contribution >= 0.6 is 39.1 Å². The summed E-state index contributed by atoms with van der Waals surface area (Å²) in [6.07, 6.45) is -0.749. The number of amides is 1. The highest BCUT2D eigenvalue weighted by Crippen LogP contribution is 2.35. The maximum Gasteiger partial charge on any atom is 0.261 e. The molecule has 2 aromatic rings. The molecule has 0 saturated carbocycles. The van der Waals surface area contributed by atoms with E-state index in [2.05, 4.69) is 21.2 Å². The molecule has 0 bridgehead atoms. The Morgan fingerprint density at radius 2 is 2.00 bits per heavy atom. The third-order valence-corrected chi connectivity index (χ3v) is 4.48. The molecule has 134 valence electrons. The number of phenols is 1. The second kappa shape index (κ2) is 8.65. The summed E-state index contributed by atoms with van der Waals surface area (Å²) in [6, 6.07) is 8.12. The van der Waals surface area contributed by atoms with Crippen molar-refractivity contribution in [3.05, 3.63) is 50.4 Å². The molecule has 1 amide bonds. The second-order valence-electron chi connectivity index (χ2n) is 5.18. The van der Waals surface area contributed by atoms with Gasteiger partial charge in [-0.25, -0.2) is 0 Å². The van der Waals surface area contributed by atoms with Crippen molar-refractivity contribution in [1.29, 1.82) is 0 Å². The van der Waals surface area contributed by atoms with Gasteiger partial charge in [-0.3, -0.25) is 4.79 Å². The molecule has 0 unspecified atom stereocenters. The standard InChI is InChI=1S/C17H16BrCl2NO4/c1-9(25-14-4-3-11(19)7-13(14)20)17(23)21-8-10-5-12(18)16(22)15(6-10)24-2/h3-7,9,22H,8H2,1-2H3,(H,21,23)/t9-/m1/s1. The summed E-state index contributed by atoms with van der Waals surface area (Å²) in [5.74, 6) is 0.388. The maximum atomic E-state index is 12.2. The van der Waals surface area contributed by atoms with Gasteiger partial charge in [-0.05, 0) is 58.7 Å². The Kier molecular flexibility index (Phi) is 6.81. The molecule has 0 aliphatic carbocycles. The van der Waals surface area contributed by atoms with Gasteiger partial charge in [-0.1, -0.05) is 23.2 Å². The van der Waals surface area contributed by atoms with Crippen LogP contribution in [0.4, 0.5) is 0 Å². The number of carbonyl (C=O) groups excluding carboxylic acids is 1. The fourth-order valence-corrected chi connectivity index (χ4v) is 2.98. The molecule has 0 aromatic heterocycles. The van der Waals surface area contributed by atoms with Crippen molar-refractivity contribution in [2.75, 3.05) is 7.11 Å². The topological polar surface area (TPSA) is 67.8 Å². The van der Waals surface area contributed by atoms with E-state index >= 15 is 0 Å². The zero-order chi connectivity index (χ0) is 18.6. The van der Waals surface area contributed by atoms with E-state index in [9.17, 15) is 9.90 Å². The Balaban J connectivity index is 1.99. The molecule has 0 aliphatic heterocycles. The molecular formula is C17H16BrCl2NO4. The Labute approximate surface area is 164 Å². The van der Waals surface area contributed by atoms with Crippen molar-refractivity contribution in [1.82, 2.24) is 5.32 Å². The fourth-order valence-electron chi connectivity index (χ4n) is 2.03. The number of halogens is 3. The molecule has 0 fully saturated rings. The zero-order valence-corrected chi connectivity index (χ0v) is 16.6. The Bertz CT molecular complexity index is 785. The van der Waals surface area contributed by atoms with Crippen molar-refractivity contribution < 1.29 is 19.4 Å². The second-order valence-corrected chi connectivity index (χ2v) is 6.88. The number of hydrogen-bond acceptors (Lipinski definition) is 4. The molecular weight excluding hydrogens is 433 g/mol. The van der Waals surface area contributed by atoms with Gasteiger partial charge < -0.3 is 19.9 Å². The van der Waals surface area contributed by atoms with Crippen LogP contribution in [-0.2, 0) is 11.3 Å². The van der Waals surface area contributed by atoms with Gasteiger partial charge in [-0.15, -0.1) is 0 Å². The van der Waals surface area contributed by atoms with Gasteiger partial charge in [0.05, 0.1) is 16.6 Å². The molecule has 2 aromatic carbocycles. The van der Waals surface area contributed by atoms with E-state index in [-0.39, 0.29) is 18.2 Å². The minimum Gasteiger partial charge on any atom is -0.503 e. The minimum atomic E-state index is -0.749. The summed E-state index contributed by atoms with van der Waals surface area (Å²) in [5, 5.41) is 13.4. The van der Waals surface area contributed by atoms with E-state index in [1.807, 2.05) is 0 Å². The van der Waals surface area contributed by atoms with Crippen LogP contribution in [0.2, 0.25) is 10.0 Å². The van der Waals surface area contributed by atoms with Gasteiger partial charge in [0, 0.05) is 11.6 Å². The van der Waals surface area contributed by atoms with Gasteiger partial charge in [0.15, 0.2) is 17.6 Å². The summed E-state index contributed by atoms with van der Waals surface area (Å²) < 4.78 is 11.1. The normalized spacial score (nSPS) is 11.7.